The molecule has 11 heteroatoms. The molecule has 0 bridgehead atoms. The average molecular weight is 536 g/mol. The normalized spacial score (nSPS) is 21.5. The van der Waals surface area contributed by atoms with Crippen molar-refractivity contribution in [1.82, 2.24) is 15.5 Å². The molecular weight excluding hydrogens is 500 g/mol. The van der Waals surface area contributed by atoms with Crippen LogP contribution in [0.1, 0.15) is 79.3 Å². The van der Waals surface area contributed by atoms with Crippen molar-refractivity contribution in [2.45, 2.75) is 76.2 Å². The molecule has 37 heavy (non-hydrogen) atoms. The van der Waals surface area contributed by atoms with E-state index in [1.807, 2.05) is 11.9 Å². The highest BCUT2D eigenvalue weighted by Gasteiger charge is 2.37. The van der Waals surface area contributed by atoms with E-state index in [1.54, 1.807) is 0 Å². The minimum absolute atomic E-state index is 0.00763. The molecule has 2 fully saturated rings. The van der Waals surface area contributed by atoms with Crippen LogP contribution in [-0.2, 0) is 17.1 Å². The van der Waals surface area contributed by atoms with Crippen LogP contribution in [0.25, 0.3) is 0 Å². The van der Waals surface area contributed by atoms with Crippen molar-refractivity contribution < 1.29 is 35.9 Å². The Labute approximate surface area is 213 Å². The summed E-state index contributed by atoms with van der Waals surface area (Å²) in [5, 5.41) is 5.75. The Hall–Kier alpha value is -2.30. The number of nitrogens with zero attached hydrogens (tertiary/aromatic N) is 1. The summed E-state index contributed by atoms with van der Waals surface area (Å²) in [5.41, 5.74) is -3.68. The molecule has 2 aliphatic rings. The number of hydrogen-bond donors (Lipinski definition) is 2. The van der Waals surface area contributed by atoms with Gasteiger partial charge >= 0.3 is 12.4 Å². The molecule has 1 aromatic carbocycles. The molecule has 0 saturated heterocycles. The van der Waals surface area contributed by atoms with Gasteiger partial charge in [0.05, 0.1) is 17.7 Å². The van der Waals surface area contributed by atoms with Crippen molar-refractivity contribution in [1.29, 1.82) is 0 Å². The summed E-state index contributed by atoms with van der Waals surface area (Å²) in [6.45, 7) is 1.18. The van der Waals surface area contributed by atoms with E-state index < -0.39 is 35.0 Å². The van der Waals surface area contributed by atoms with E-state index in [-0.39, 0.29) is 24.4 Å². The first kappa shape index (κ1) is 29.3. The summed E-state index contributed by atoms with van der Waals surface area (Å²) in [4.78, 5) is 26.7. The fourth-order valence-electron chi connectivity index (χ4n) is 5.24. The molecule has 2 saturated carbocycles. The van der Waals surface area contributed by atoms with E-state index in [2.05, 4.69) is 10.6 Å². The maximum atomic E-state index is 13.0. The van der Waals surface area contributed by atoms with E-state index in [4.69, 9.17) is 0 Å². The quantitative estimate of drug-likeness (QED) is 0.424. The van der Waals surface area contributed by atoms with Crippen molar-refractivity contribution in [3.63, 3.8) is 0 Å². The number of halogens is 6. The number of hydrogen-bond acceptors (Lipinski definition) is 3. The molecule has 0 heterocycles. The van der Waals surface area contributed by atoms with Crippen molar-refractivity contribution in [2.24, 2.45) is 11.8 Å². The van der Waals surface area contributed by atoms with Crippen LogP contribution in [0, 0.1) is 11.8 Å². The summed E-state index contributed by atoms with van der Waals surface area (Å²) >= 11 is 0. The molecule has 1 aromatic rings. The zero-order chi connectivity index (χ0) is 27.2. The van der Waals surface area contributed by atoms with Crippen LogP contribution >= 0.6 is 0 Å². The topological polar surface area (TPSA) is 61.4 Å². The minimum Gasteiger partial charge on any atom is -0.352 e. The SMILES string of the molecule is CN(C(=O)CNC[C@H]1CC[C@H](CNC(=O)c2cc(C(F)(F)F)cc(C(F)(F)F)c2)CC1)C1CCCCC1. The van der Waals surface area contributed by atoms with Crippen LogP contribution in [0.3, 0.4) is 0 Å². The predicted octanol–water partition coefficient (Wildman–Crippen LogP) is 5.64. The number of nitrogens with one attached hydrogen (secondary N) is 2. The van der Waals surface area contributed by atoms with Crippen LogP contribution in [0.5, 0.6) is 0 Å². The Morgan fingerprint density at radius 3 is 1.84 bits per heavy atom. The fraction of sp³-hybridized carbons (Fsp3) is 0.692. The van der Waals surface area contributed by atoms with Crippen LogP contribution < -0.4 is 10.6 Å². The third kappa shape index (κ3) is 8.61. The molecule has 0 radical (unpaired) electrons. The second-order valence-corrected chi connectivity index (χ2v) is 10.3. The van der Waals surface area contributed by atoms with Gasteiger partial charge in [-0.15, -0.1) is 0 Å². The molecule has 0 spiro atoms. The number of amides is 2. The molecule has 2 amide bonds. The van der Waals surface area contributed by atoms with Gasteiger partial charge < -0.3 is 15.5 Å². The molecule has 5 nitrogen and oxygen atoms in total. The standard InChI is InChI=1S/C26H35F6N3O2/c1-35(22-5-3-2-4-6-22)23(36)16-33-14-17-7-9-18(10-8-17)15-34-24(37)19-11-20(25(27,28)29)13-21(12-19)26(30,31)32/h11-13,17-18,22,33H,2-10,14-16H2,1H3,(H,34,37)/t17-,18-. The Morgan fingerprint density at radius 2 is 1.32 bits per heavy atom. The van der Waals surface area contributed by atoms with Crippen LogP contribution in [0.2, 0.25) is 0 Å². The third-order valence-electron chi connectivity index (χ3n) is 7.59. The maximum Gasteiger partial charge on any atom is 0.416 e. The third-order valence-corrected chi connectivity index (χ3v) is 7.59. The molecule has 0 aliphatic heterocycles. The Kier molecular flexibility index (Phi) is 9.88. The summed E-state index contributed by atoms with van der Waals surface area (Å²) in [6.07, 6.45) is -1.06. The largest absolute Gasteiger partial charge is 0.416 e. The summed E-state index contributed by atoms with van der Waals surface area (Å²) in [5.74, 6) is -0.405. The van der Waals surface area contributed by atoms with Gasteiger partial charge in [-0.2, -0.15) is 26.3 Å². The van der Waals surface area contributed by atoms with Gasteiger partial charge in [0.15, 0.2) is 0 Å². The summed E-state index contributed by atoms with van der Waals surface area (Å²) < 4.78 is 78.3. The van der Waals surface area contributed by atoms with Crippen molar-refractivity contribution in [3.8, 4) is 0 Å². The van der Waals surface area contributed by atoms with Crippen molar-refractivity contribution in [2.75, 3.05) is 26.7 Å². The monoisotopic (exact) mass is 535 g/mol. The highest BCUT2D eigenvalue weighted by atomic mass is 19.4. The molecule has 208 valence electrons. The zero-order valence-electron chi connectivity index (χ0n) is 21.0. The smallest absolute Gasteiger partial charge is 0.352 e. The number of alkyl halides is 6. The lowest BCUT2D eigenvalue weighted by molar-refractivity contribution is -0.143. The molecule has 0 atom stereocenters. The molecule has 2 N–H and O–H groups in total. The van der Waals surface area contributed by atoms with Gasteiger partial charge in [0.2, 0.25) is 5.91 Å². The van der Waals surface area contributed by atoms with Gasteiger partial charge in [-0.25, -0.2) is 0 Å². The molecular formula is C26H35F6N3O2. The van der Waals surface area contributed by atoms with Crippen molar-refractivity contribution >= 4 is 11.8 Å². The van der Waals surface area contributed by atoms with Crippen LogP contribution in [0.4, 0.5) is 26.3 Å². The molecule has 3 rings (SSSR count). The lowest BCUT2D eigenvalue weighted by atomic mass is 9.82. The van der Waals surface area contributed by atoms with Gasteiger partial charge in [-0.05, 0) is 75.1 Å². The van der Waals surface area contributed by atoms with Gasteiger partial charge in [-0.3, -0.25) is 9.59 Å². The lowest BCUT2D eigenvalue weighted by Crippen LogP contribution is -2.43. The number of carbonyl (C=O) groups is 2. The Balaban J connectivity index is 1.41. The highest BCUT2D eigenvalue weighted by molar-refractivity contribution is 5.94. The number of benzene rings is 1. The molecule has 2 aliphatic carbocycles. The first-order valence-electron chi connectivity index (χ1n) is 12.9. The van der Waals surface area contributed by atoms with Crippen molar-refractivity contribution in [3.05, 3.63) is 34.9 Å². The Bertz CT molecular complexity index is 888. The van der Waals surface area contributed by atoms with Gasteiger partial charge in [-0.1, -0.05) is 19.3 Å². The number of rotatable bonds is 8. The van der Waals surface area contributed by atoms with E-state index in [0.29, 0.717) is 37.2 Å². The summed E-state index contributed by atoms with van der Waals surface area (Å²) in [7, 11) is 1.86. The average Bonchev–Trinajstić information content (AvgIpc) is 2.86. The second kappa shape index (κ2) is 12.5. The van der Waals surface area contributed by atoms with Gasteiger partial charge in [0.25, 0.3) is 5.91 Å². The number of carbonyl (C=O) groups excluding carboxylic acids is 2. The van der Waals surface area contributed by atoms with Crippen LogP contribution in [-0.4, -0.2) is 49.4 Å². The first-order chi connectivity index (χ1) is 17.3. The summed E-state index contributed by atoms with van der Waals surface area (Å²) in [6, 6.07) is 1.22. The zero-order valence-corrected chi connectivity index (χ0v) is 21.0. The van der Waals surface area contributed by atoms with Gasteiger partial charge in [0.1, 0.15) is 0 Å². The Morgan fingerprint density at radius 1 is 0.811 bits per heavy atom. The predicted molar refractivity (Wildman–Crippen MR) is 127 cm³/mol. The number of likely N-dealkylation sites (N-methyl/N-ethyl adjacent to an activating group) is 1. The fourth-order valence-corrected chi connectivity index (χ4v) is 5.24. The van der Waals surface area contributed by atoms with Crippen LogP contribution in [0.15, 0.2) is 18.2 Å². The van der Waals surface area contributed by atoms with E-state index in [1.165, 1.54) is 6.42 Å². The highest BCUT2D eigenvalue weighted by Crippen LogP contribution is 2.36. The minimum atomic E-state index is -5.00. The van der Waals surface area contributed by atoms with E-state index in [0.717, 1.165) is 51.4 Å². The lowest BCUT2D eigenvalue weighted by Gasteiger charge is -2.32. The molecule has 0 unspecified atom stereocenters. The second-order valence-electron chi connectivity index (χ2n) is 10.3. The molecule has 0 aromatic heterocycles. The van der Waals surface area contributed by atoms with E-state index >= 15 is 0 Å². The van der Waals surface area contributed by atoms with E-state index in [9.17, 15) is 35.9 Å². The first-order valence-corrected chi connectivity index (χ1v) is 12.9. The van der Waals surface area contributed by atoms with Gasteiger partial charge in [0, 0.05) is 25.2 Å². The maximum absolute atomic E-state index is 13.0.